The summed E-state index contributed by atoms with van der Waals surface area (Å²) in [5, 5.41) is 6.63. The van der Waals surface area contributed by atoms with E-state index in [1.54, 1.807) is 19.2 Å². The molecule has 0 aliphatic carbocycles. The molecule has 2 rings (SSSR count). The van der Waals surface area contributed by atoms with E-state index in [0.717, 1.165) is 31.0 Å². The number of halogens is 1. The molecule has 2 N–H and O–H groups in total. The van der Waals surface area contributed by atoms with Gasteiger partial charge in [0.2, 0.25) is 10.0 Å². The molecule has 1 aromatic carbocycles. The molecule has 7 nitrogen and oxygen atoms in total. The third kappa shape index (κ3) is 8.03. The lowest BCUT2D eigenvalue weighted by Gasteiger charge is -2.33. The summed E-state index contributed by atoms with van der Waals surface area (Å²) in [5.41, 5.74) is 1.00. The summed E-state index contributed by atoms with van der Waals surface area (Å²) >= 11 is 0. The molecule has 1 aromatic rings. The van der Waals surface area contributed by atoms with E-state index in [1.807, 2.05) is 12.1 Å². The van der Waals surface area contributed by atoms with Crippen LogP contribution >= 0.6 is 24.0 Å². The van der Waals surface area contributed by atoms with Gasteiger partial charge in [0.1, 0.15) is 0 Å². The van der Waals surface area contributed by atoms with Gasteiger partial charge in [-0.2, -0.15) is 0 Å². The molecule has 1 aliphatic rings. The molecule has 0 radical (unpaired) electrons. The summed E-state index contributed by atoms with van der Waals surface area (Å²) in [6.07, 6.45) is 5.07. The molecule has 0 bridgehead atoms. The maximum atomic E-state index is 12.1. The lowest BCUT2D eigenvalue weighted by atomic mass is 10.0. The smallest absolute Gasteiger partial charge is 0.242 e. The highest BCUT2D eigenvalue weighted by Crippen LogP contribution is 2.16. The Balaban J connectivity index is 0.00000420. The van der Waals surface area contributed by atoms with Crippen molar-refractivity contribution in [2.24, 2.45) is 4.99 Å². The molecule has 9 heteroatoms. The Bertz CT molecular complexity index is 738. The quantitative estimate of drug-likeness (QED) is 0.231. The van der Waals surface area contributed by atoms with E-state index in [-0.39, 0.29) is 24.0 Å². The van der Waals surface area contributed by atoms with Gasteiger partial charge in [-0.15, -0.1) is 24.0 Å². The van der Waals surface area contributed by atoms with Crippen LogP contribution in [0.15, 0.2) is 34.2 Å². The Morgan fingerprint density at radius 2 is 1.90 bits per heavy atom. The van der Waals surface area contributed by atoms with Crippen molar-refractivity contribution >= 4 is 40.0 Å². The first-order valence-corrected chi connectivity index (χ1v) is 11.5. The van der Waals surface area contributed by atoms with Crippen molar-refractivity contribution < 1.29 is 8.42 Å². The van der Waals surface area contributed by atoms with Gasteiger partial charge in [-0.25, -0.2) is 12.7 Å². The van der Waals surface area contributed by atoms with Gasteiger partial charge >= 0.3 is 0 Å². The number of nitrogens with one attached hydrogen (secondary N) is 2. The number of guanidine groups is 1. The molecule has 166 valence electrons. The molecular weight excluding hydrogens is 501 g/mol. The second-order valence-corrected chi connectivity index (χ2v) is 9.67. The van der Waals surface area contributed by atoms with Crippen LogP contribution in [0.1, 0.15) is 38.2 Å². The summed E-state index contributed by atoms with van der Waals surface area (Å²) in [4.78, 5) is 7.14. The Morgan fingerprint density at radius 1 is 1.21 bits per heavy atom. The molecular formula is C20H36IN5O2S. The lowest BCUT2D eigenvalue weighted by Crippen LogP contribution is -2.41. The first-order chi connectivity index (χ1) is 13.3. The normalized spacial score (nSPS) is 18.4. The number of aliphatic imine (C=N–C) groups is 1. The molecule has 0 aromatic heterocycles. The maximum absolute atomic E-state index is 12.1. The Morgan fingerprint density at radius 3 is 2.48 bits per heavy atom. The second kappa shape index (κ2) is 12.7. The lowest BCUT2D eigenvalue weighted by molar-refractivity contribution is 0.159. The van der Waals surface area contributed by atoms with Crippen LogP contribution in [0.4, 0.5) is 0 Å². The monoisotopic (exact) mass is 537 g/mol. The van der Waals surface area contributed by atoms with Crippen LogP contribution in [0.3, 0.4) is 0 Å². The van der Waals surface area contributed by atoms with Crippen LogP contribution in [0.25, 0.3) is 0 Å². The van der Waals surface area contributed by atoms with Crippen LogP contribution < -0.4 is 10.6 Å². The third-order valence-corrected chi connectivity index (χ3v) is 7.07. The summed E-state index contributed by atoms with van der Waals surface area (Å²) in [6, 6.07) is 7.64. The van der Waals surface area contributed by atoms with Crippen molar-refractivity contribution in [3.8, 4) is 0 Å². The van der Waals surface area contributed by atoms with Crippen LogP contribution in [0.2, 0.25) is 0 Å². The van der Waals surface area contributed by atoms with E-state index in [1.165, 1.54) is 44.2 Å². The van der Waals surface area contributed by atoms with Gasteiger partial charge in [0, 0.05) is 46.8 Å². The Hall–Kier alpha value is -0.910. The molecule has 1 atom stereocenters. The van der Waals surface area contributed by atoms with Gasteiger partial charge in [-0.1, -0.05) is 18.6 Å². The summed E-state index contributed by atoms with van der Waals surface area (Å²) in [6.45, 7) is 6.12. The number of hydrogen-bond donors (Lipinski definition) is 2. The predicted molar refractivity (Wildman–Crippen MR) is 130 cm³/mol. The molecule has 1 heterocycles. The fourth-order valence-electron chi connectivity index (χ4n) is 3.38. The minimum atomic E-state index is -3.39. The summed E-state index contributed by atoms with van der Waals surface area (Å²) in [7, 11) is 1.44. The van der Waals surface area contributed by atoms with Crippen LogP contribution in [-0.2, 0) is 16.6 Å². The highest BCUT2D eigenvalue weighted by molar-refractivity contribution is 14.0. The number of nitrogens with zero attached hydrogens (tertiary/aromatic N) is 3. The second-order valence-electron chi connectivity index (χ2n) is 7.52. The SMILES string of the molecule is CN=C(NCCCN1CCCCC1C)NCc1ccc(S(=O)(=O)N(C)C)cc1.I. The van der Waals surface area contributed by atoms with Crippen LogP contribution in [0.5, 0.6) is 0 Å². The topological polar surface area (TPSA) is 77.0 Å². The highest BCUT2D eigenvalue weighted by Gasteiger charge is 2.17. The molecule has 0 saturated carbocycles. The highest BCUT2D eigenvalue weighted by atomic mass is 127. The average molecular weight is 538 g/mol. The Labute approximate surface area is 193 Å². The van der Waals surface area contributed by atoms with E-state index in [9.17, 15) is 8.42 Å². The Kier molecular flexibility index (Phi) is 11.4. The fourth-order valence-corrected chi connectivity index (χ4v) is 4.28. The van der Waals surface area contributed by atoms with Crippen molar-refractivity contribution in [3.05, 3.63) is 29.8 Å². The fraction of sp³-hybridized carbons (Fsp3) is 0.650. The van der Waals surface area contributed by atoms with Crippen molar-refractivity contribution in [3.63, 3.8) is 0 Å². The largest absolute Gasteiger partial charge is 0.356 e. The zero-order valence-corrected chi connectivity index (χ0v) is 21.2. The summed E-state index contributed by atoms with van der Waals surface area (Å²) < 4.78 is 25.4. The van der Waals surface area contributed by atoms with Gasteiger partial charge in [-0.3, -0.25) is 4.99 Å². The number of likely N-dealkylation sites (tertiary alicyclic amines) is 1. The van der Waals surface area contributed by atoms with Crippen LogP contribution in [0, 0.1) is 0 Å². The van der Waals surface area contributed by atoms with Crippen molar-refractivity contribution in [2.45, 2.75) is 50.1 Å². The van der Waals surface area contributed by atoms with E-state index in [0.29, 0.717) is 17.5 Å². The van der Waals surface area contributed by atoms with Crippen molar-refractivity contribution in [1.82, 2.24) is 19.8 Å². The minimum absolute atomic E-state index is 0. The molecule has 0 amide bonds. The van der Waals surface area contributed by atoms with Gasteiger partial charge in [-0.05, 0) is 50.4 Å². The van der Waals surface area contributed by atoms with Gasteiger partial charge < -0.3 is 15.5 Å². The third-order valence-electron chi connectivity index (χ3n) is 5.24. The van der Waals surface area contributed by atoms with Gasteiger partial charge in [0.05, 0.1) is 4.90 Å². The van der Waals surface area contributed by atoms with Crippen molar-refractivity contribution in [2.75, 3.05) is 40.8 Å². The average Bonchev–Trinajstić information content (AvgIpc) is 2.69. The number of hydrogen-bond acceptors (Lipinski definition) is 4. The molecule has 0 spiro atoms. The predicted octanol–water partition coefficient (Wildman–Crippen LogP) is 2.48. The van der Waals surface area contributed by atoms with Gasteiger partial charge in [0.25, 0.3) is 0 Å². The number of sulfonamides is 1. The first kappa shape index (κ1) is 26.1. The van der Waals surface area contributed by atoms with Crippen LogP contribution in [-0.4, -0.2) is 70.4 Å². The maximum Gasteiger partial charge on any atom is 0.242 e. The zero-order valence-electron chi connectivity index (χ0n) is 18.0. The molecule has 29 heavy (non-hydrogen) atoms. The van der Waals surface area contributed by atoms with E-state index >= 15 is 0 Å². The van der Waals surface area contributed by atoms with Gasteiger partial charge in [0.15, 0.2) is 5.96 Å². The van der Waals surface area contributed by atoms with E-state index < -0.39 is 10.0 Å². The molecule has 1 saturated heterocycles. The standard InChI is InChI=1S/C20H35N5O2S.HI/c1-17-8-5-6-14-25(17)15-7-13-22-20(21-2)23-16-18-9-11-19(12-10-18)28(26,27)24(3)4;/h9-12,17H,5-8,13-16H2,1-4H3,(H2,21,22,23);1H. The molecule has 1 aliphatic heterocycles. The minimum Gasteiger partial charge on any atom is -0.356 e. The van der Waals surface area contributed by atoms with E-state index in [4.69, 9.17) is 0 Å². The van der Waals surface area contributed by atoms with E-state index in [2.05, 4.69) is 27.4 Å². The molecule has 1 unspecified atom stereocenters. The zero-order chi connectivity index (χ0) is 20.6. The van der Waals surface area contributed by atoms with Crippen molar-refractivity contribution in [1.29, 1.82) is 0 Å². The number of rotatable bonds is 8. The number of piperidine rings is 1. The summed E-state index contributed by atoms with van der Waals surface area (Å²) in [5.74, 6) is 0.761. The molecule has 1 fully saturated rings. The first-order valence-electron chi connectivity index (χ1n) is 10.0. The number of benzene rings is 1.